The summed E-state index contributed by atoms with van der Waals surface area (Å²) in [4.78, 5) is 24.2. The quantitative estimate of drug-likeness (QED) is 0.501. The van der Waals surface area contributed by atoms with Gasteiger partial charge in [-0.25, -0.2) is 0 Å². The Kier molecular flexibility index (Phi) is 3.92. The first-order chi connectivity index (χ1) is 7.97. The van der Waals surface area contributed by atoms with Crippen LogP contribution in [0.3, 0.4) is 0 Å². The molecule has 0 atom stereocenters. The Morgan fingerprint density at radius 3 is 2.71 bits per heavy atom. The fraction of sp³-hybridized carbons (Fsp3) is 0.273. The van der Waals surface area contributed by atoms with E-state index in [9.17, 15) is 14.7 Å². The van der Waals surface area contributed by atoms with Crippen LogP contribution >= 0.6 is 0 Å². The molecule has 1 rings (SSSR count). The number of para-hydroxylation sites is 1. The summed E-state index contributed by atoms with van der Waals surface area (Å²) in [6.45, 7) is -0.0798. The van der Waals surface area contributed by atoms with Crippen LogP contribution in [0.25, 0.3) is 0 Å². The van der Waals surface area contributed by atoms with Crippen molar-refractivity contribution in [1.29, 1.82) is 0 Å². The maximum atomic E-state index is 11.9. The molecule has 0 unspecified atom stereocenters. The van der Waals surface area contributed by atoms with E-state index in [1.54, 1.807) is 6.07 Å². The minimum Gasteiger partial charge on any atom is -0.505 e. The number of phenols is 1. The molecule has 6 nitrogen and oxygen atoms in total. The van der Waals surface area contributed by atoms with E-state index in [-0.39, 0.29) is 29.5 Å². The lowest BCUT2D eigenvalue weighted by Crippen LogP contribution is -2.36. The van der Waals surface area contributed by atoms with Crippen molar-refractivity contribution in [1.82, 2.24) is 10.2 Å². The van der Waals surface area contributed by atoms with E-state index >= 15 is 0 Å². The van der Waals surface area contributed by atoms with Crippen LogP contribution in [0.5, 0.6) is 5.75 Å². The van der Waals surface area contributed by atoms with Crippen molar-refractivity contribution < 1.29 is 14.7 Å². The number of anilines is 1. The van der Waals surface area contributed by atoms with Gasteiger partial charge in [0.05, 0.1) is 17.8 Å². The lowest BCUT2D eigenvalue weighted by molar-refractivity contribution is -0.121. The molecular weight excluding hydrogens is 222 g/mol. The number of likely N-dealkylation sites (N-methyl/N-ethyl adjacent to an activating group) is 2. The molecule has 2 amide bonds. The predicted octanol–water partition coefficient (Wildman–Crippen LogP) is -0.208. The van der Waals surface area contributed by atoms with Gasteiger partial charge in [0, 0.05) is 14.1 Å². The van der Waals surface area contributed by atoms with Gasteiger partial charge in [0.1, 0.15) is 0 Å². The number of hydrogen-bond acceptors (Lipinski definition) is 4. The van der Waals surface area contributed by atoms with Crippen LogP contribution in [0, 0.1) is 0 Å². The summed E-state index contributed by atoms with van der Waals surface area (Å²) in [5.74, 6) is -1.01. The Labute approximate surface area is 99.0 Å². The lowest BCUT2D eigenvalue weighted by Gasteiger charge is -2.17. The average Bonchev–Trinajstić information content (AvgIpc) is 2.31. The van der Waals surface area contributed by atoms with Gasteiger partial charge in [0.25, 0.3) is 5.91 Å². The molecular formula is C11H15N3O3. The molecule has 0 saturated heterocycles. The summed E-state index contributed by atoms with van der Waals surface area (Å²) >= 11 is 0. The van der Waals surface area contributed by atoms with Crippen molar-refractivity contribution in [2.45, 2.75) is 0 Å². The van der Waals surface area contributed by atoms with E-state index in [0.717, 1.165) is 0 Å². The predicted molar refractivity (Wildman–Crippen MR) is 63.5 cm³/mol. The highest BCUT2D eigenvalue weighted by molar-refractivity contribution is 5.99. The number of carbonyl (C=O) groups excluding carboxylic acids is 2. The number of nitrogens with zero attached hydrogens (tertiary/aromatic N) is 1. The minimum atomic E-state index is -0.460. The van der Waals surface area contributed by atoms with Crippen molar-refractivity contribution in [3.8, 4) is 5.75 Å². The average molecular weight is 237 g/mol. The first-order valence-corrected chi connectivity index (χ1v) is 5.01. The number of amides is 2. The molecule has 17 heavy (non-hydrogen) atoms. The summed E-state index contributed by atoms with van der Waals surface area (Å²) in [6.07, 6.45) is 0. The number of nitrogens with two attached hydrogens (primary N) is 1. The molecule has 0 bridgehead atoms. The smallest absolute Gasteiger partial charge is 0.257 e. The minimum absolute atomic E-state index is 0.0798. The highest BCUT2D eigenvalue weighted by Gasteiger charge is 2.18. The Bertz CT molecular complexity index is 446. The zero-order valence-electron chi connectivity index (χ0n) is 9.73. The second-order valence-electron chi connectivity index (χ2n) is 3.58. The van der Waals surface area contributed by atoms with Gasteiger partial charge >= 0.3 is 0 Å². The van der Waals surface area contributed by atoms with E-state index in [0.29, 0.717) is 0 Å². The van der Waals surface area contributed by atoms with Crippen molar-refractivity contribution in [3.63, 3.8) is 0 Å². The van der Waals surface area contributed by atoms with Gasteiger partial charge < -0.3 is 21.1 Å². The SMILES string of the molecule is CNC(=O)CN(C)C(=O)c1cccc(N)c1O. The van der Waals surface area contributed by atoms with Gasteiger partial charge in [-0.15, -0.1) is 0 Å². The lowest BCUT2D eigenvalue weighted by atomic mass is 10.1. The maximum Gasteiger partial charge on any atom is 0.257 e. The van der Waals surface area contributed by atoms with E-state index < -0.39 is 5.91 Å². The Balaban J connectivity index is 2.89. The monoisotopic (exact) mass is 237 g/mol. The summed E-state index contributed by atoms with van der Waals surface area (Å²) in [5.41, 5.74) is 5.69. The van der Waals surface area contributed by atoms with Crippen molar-refractivity contribution in [2.24, 2.45) is 0 Å². The molecule has 6 heteroatoms. The molecule has 1 aromatic rings. The summed E-state index contributed by atoms with van der Waals surface area (Å²) in [5, 5.41) is 12.0. The highest BCUT2D eigenvalue weighted by atomic mass is 16.3. The molecule has 0 aromatic heterocycles. The van der Waals surface area contributed by atoms with E-state index in [1.165, 1.54) is 31.1 Å². The van der Waals surface area contributed by atoms with Crippen LogP contribution in [0.15, 0.2) is 18.2 Å². The van der Waals surface area contributed by atoms with E-state index in [1.807, 2.05) is 0 Å². The van der Waals surface area contributed by atoms with Crippen LogP contribution in [0.1, 0.15) is 10.4 Å². The Morgan fingerprint density at radius 1 is 1.47 bits per heavy atom. The summed E-state index contributed by atoms with van der Waals surface area (Å²) < 4.78 is 0. The van der Waals surface area contributed by atoms with Crippen LogP contribution in [0.4, 0.5) is 5.69 Å². The fourth-order valence-corrected chi connectivity index (χ4v) is 1.31. The van der Waals surface area contributed by atoms with Gasteiger partial charge in [0.2, 0.25) is 5.91 Å². The van der Waals surface area contributed by atoms with E-state index in [2.05, 4.69) is 5.32 Å². The van der Waals surface area contributed by atoms with Gasteiger partial charge in [-0.1, -0.05) is 6.07 Å². The number of nitrogen functional groups attached to an aromatic ring is 1. The molecule has 0 heterocycles. The number of nitrogens with one attached hydrogen (secondary N) is 1. The number of hydrogen-bond donors (Lipinski definition) is 3. The van der Waals surface area contributed by atoms with E-state index in [4.69, 9.17) is 5.73 Å². The molecule has 0 saturated carbocycles. The Hall–Kier alpha value is -2.24. The topological polar surface area (TPSA) is 95.7 Å². The molecule has 0 aliphatic carbocycles. The zero-order valence-corrected chi connectivity index (χ0v) is 9.73. The number of carbonyl (C=O) groups is 2. The number of aromatic hydroxyl groups is 1. The third-order valence-corrected chi connectivity index (χ3v) is 2.30. The van der Waals surface area contributed by atoms with Crippen LogP contribution in [-0.2, 0) is 4.79 Å². The first-order valence-electron chi connectivity index (χ1n) is 5.01. The van der Waals surface area contributed by atoms with Crippen molar-refractivity contribution in [3.05, 3.63) is 23.8 Å². The molecule has 0 radical (unpaired) electrons. The molecule has 1 aromatic carbocycles. The molecule has 92 valence electrons. The third-order valence-electron chi connectivity index (χ3n) is 2.30. The molecule has 0 fully saturated rings. The second kappa shape index (κ2) is 5.20. The third kappa shape index (κ3) is 2.87. The van der Waals surface area contributed by atoms with Gasteiger partial charge in [-0.2, -0.15) is 0 Å². The standard InChI is InChI=1S/C11H15N3O3/c1-13-9(15)6-14(2)11(17)7-4-3-5-8(12)10(7)16/h3-5,16H,6,12H2,1-2H3,(H,13,15). The maximum absolute atomic E-state index is 11.9. The van der Waals surface area contributed by atoms with Crippen molar-refractivity contribution in [2.75, 3.05) is 26.4 Å². The largest absolute Gasteiger partial charge is 0.505 e. The molecule has 0 aliphatic heterocycles. The van der Waals surface area contributed by atoms with Crippen molar-refractivity contribution >= 4 is 17.5 Å². The normalized spacial score (nSPS) is 9.76. The molecule has 0 aliphatic rings. The van der Waals surface area contributed by atoms with Crippen LogP contribution < -0.4 is 11.1 Å². The first kappa shape index (κ1) is 12.8. The van der Waals surface area contributed by atoms with Crippen LogP contribution in [0.2, 0.25) is 0 Å². The molecule has 0 spiro atoms. The van der Waals surface area contributed by atoms with Gasteiger partial charge in [-0.3, -0.25) is 9.59 Å². The van der Waals surface area contributed by atoms with Gasteiger partial charge in [-0.05, 0) is 12.1 Å². The summed E-state index contributed by atoms with van der Waals surface area (Å²) in [7, 11) is 2.96. The number of rotatable bonds is 3. The number of phenolic OH excluding ortho intramolecular Hbond substituents is 1. The molecule has 4 N–H and O–H groups in total. The summed E-state index contributed by atoms with van der Waals surface area (Å²) in [6, 6.07) is 4.51. The highest BCUT2D eigenvalue weighted by Crippen LogP contribution is 2.25. The zero-order chi connectivity index (χ0) is 13.0. The Morgan fingerprint density at radius 2 is 2.12 bits per heavy atom. The fourth-order valence-electron chi connectivity index (χ4n) is 1.31. The second-order valence-corrected chi connectivity index (χ2v) is 3.58. The number of benzene rings is 1. The van der Waals surface area contributed by atoms with Gasteiger partial charge in [0.15, 0.2) is 5.75 Å². The van der Waals surface area contributed by atoms with Crippen LogP contribution in [-0.4, -0.2) is 42.5 Å².